The van der Waals surface area contributed by atoms with Crippen LogP contribution in [0.25, 0.3) is 16.7 Å². The second-order valence-corrected chi connectivity index (χ2v) is 8.61. The first-order valence-electron chi connectivity index (χ1n) is 10.7. The number of carbonyl (C=O) groups is 1. The first-order chi connectivity index (χ1) is 14.4. The molecule has 1 aromatic carbocycles. The van der Waals surface area contributed by atoms with Gasteiger partial charge >= 0.3 is 0 Å². The van der Waals surface area contributed by atoms with Gasteiger partial charge in [0.15, 0.2) is 0 Å². The van der Waals surface area contributed by atoms with Gasteiger partial charge in [-0.25, -0.2) is 4.39 Å². The zero-order chi connectivity index (χ0) is 21.4. The van der Waals surface area contributed by atoms with Crippen LogP contribution in [0.4, 0.5) is 4.39 Å². The van der Waals surface area contributed by atoms with Crippen molar-refractivity contribution in [1.82, 2.24) is 14.5 Å². The molecule has 2 aromatic heterocycles. The summed E-state index contributed by atoms with van der Waals surface area (Å²) >= 11 is 0. The van der Waals surface area contributed by atoms with E-state index in [9.17, 15) is 9.18 Å². The first-order valence-corrected chi connectivity index (χ1v) is 10.7. The van der Waals surface area contributed by atoms with Gasteiger partial charge in [0.25, 0.3) is 5.91 Å². The van der Waals surface area contributed by atoms with Crippen LogP contribution in [0.15, 0.2) is 42.7 Å². The minimum Gasteiger partial charge on any atom is -0.339 e. The number of pyridine rings is 1. The number of halogens is 1. The SMILES string of the molecule is CC(C)N(C)C(=O)c1cc(F)ccc1-n1cc(C2CCC(N)CC2)c2ncccc21. The maximum atomic E-state index is 14.1. The molecule has 0 unspecified atom stereocenters. The number of nitrogens with two attached hydrogens (primary N) is 1. The minimum absolute atomic E-state index is 0.0127. The Morgan fingerprint density at radius 3 is 2.67 bits per heavy atom. The Kier molecular flexibility index (Phi) is 5.60. The molecule has 0 saturated heterocycles. The molecule has 30 heavy (non-hydrogen) atoms. The minimum atomic E-state index is -0.421. The Balaban J connectivity index is 1.86. The number of hydrogen-bond acceptors (Lipinski definition) is 3. The smallest absolute Gasteiger partial charge is 0.256 e. The second kappa shape index (κ2) is 8.19. The fourth-order valence-electron chi connectivity index (χ4n) is 4.33. The van der Waals surface area contributed by atoms with Crippen LogP contribution in [0.5, 0.6) is 0 Å². The molecule has 2 heterocycles. The number of carbonyl (C=O) groups excluding carboxylic acids is 1. The maximum Gasteiger partial charge on any atom is 0.256 e. The van der Waals surface area contributed by atoms with Crippen molar-refractivity contribution in [3.05, 3.63) is 59.7 Å². The average molecular weight is 409 g/mol. The van der Waals surface area contributed by atoms with E-state index in [0.717, 1.165) is 36.7 Å². The van der Waals surface area contributed by atoms with Crippen LogP contribution in [-0.4, -0.2) is 39.5 Å². The van der Waals surface area contributed by atoms with Gasteiger partial charge in [0.1, 0.15) is 5.82 Å². The van der Waals surface area contributed by atoms with Crippen molar-refractivity contribution in [3.8, 4) is 5.69 Å². The van der Waals surface area contributed by atoms with Gasteiger partial charge in [0, 0.05) is 31.5 Å². The van der Waals surface area contributed by atoms with Crippen LogP contribution < -0.4 is 5.73 Å². The van der Waals surface area contributed by atoms with Crippen LogP contribution in [-0.2, 0) is 0 Å². The molecule has 0 radical (unpaired) electrons. The zero-order valence-electron chi connectivity index (χ0n) is 17.8. The Labute approximate surface area is 176 Å². The lowest BCUT2D eigenvalue weighted by Crippen LogP contribution is -2.33. The van der Waals surface area contributed by atoms with Crippen LogP contribution in [0, 0.1) is 5.82 Å². The number of nitrogens with zero attached hydrogens (tertiary/aromatic N) is 3. The quantitative estimate of drug-likeness (QED) is 0.685. The average Bonchev–Trinajstić information content (AvgIpc) is 3.12. The molecule has 2 N–H and O–H groups in total. The Morgan fingerprint density at radius 1 is 1.23 bits per heavy atom. The van der Waals surface area contributed by atoms with Crippen LogP contribution >= 0.6 is 0 Å². The van der Waals surface area contributed by atoms with Crippen molar-refractivity contribution < 1.29 is 9.18 Å². The molecule has 1 amide bonds. The van der Waals surface area contributed by atoms with Crippen molar-refractivity contribution >= 4 is 16.9 Å². The highest BCUT2D eigenvalue weighted by atomic mass is 19.1. The summed E-state index contributed by atoms with van der Waals surface area (Å²) in [6.07, 6.45) is 7.95. The van der Waals surface area contributed by atoms with Gasteiger partial charge in [-0.15, -0.1) is 0 Å². The molecule has 6 heteroatoms. The van der Waals surface area contributed by atoms with Gasteiger partial charge in [-0.3, -0.25) is 9.78 Å². The Bertz CT molecular complexity index is 1070. The summed E-state index contributed by atoms with van der Waals surface area (Å²) < 4.78 is 16.1. The van der Waals surface area contributed by atoms with E-state index in [1.54, 1.807) is 24.2 Å². The zero-order valence-corrected chi connectivity index (χ0v) is 17.8. The van der Waals surface area contributed by atoms with E-state index in [4.69, 9.17) is 5.73 Å². The molecule has 0 spiro atoms. The van der Waals surface area contributed by atoms with Gasteiger partial charge in [-0.05, 0) is 81.3 Å². The third-order valence-electron chi connectivity index (χ3n) is 6.34. The predicted molar refractivity (Wildman–Crippen MR) is 117 cm³/mol. The number of benzene rings is 1. The predicted octanol–water partition coefficient (Wildman–Crippen LogP) is 4.63. The summed E-state index contributed by atoms with van der Waals surface area (Å²) in [5.41, 5.74) is 10.2. The summed E-state index contributed by atoms with van der Waals surface area (Å²) in [7, 11) is 1.74. The van der Waals surface area contributed by atoms with Crippen molar-refractivity contribution in [2.75, 3.05) is 7.05 Å². The molecule has 1 aliphatic rings. The fraction of sp³-hybridized carbons (Fsp3) is 0.417. The van der Waals surface area contributed by atoms with E-state index < -0.39 is 5.82 Å². The van der Waals surface area contributed by atoms with E-state index in [0.29, 0.717) is 17.2 Å². The number of rotatable bonds is 4. The van der Waals surface area contributed by atoms with Gasteiger partial charge in [0.2, 0.25) is 0 Å². The number of aromatic nitrogens is 2. The van der Waals surface area contributed by atoms with Gasteiger partial charge in [0.05, 0.1) is 22.3 Å². The molecule has 1 fully saturated rings. The molecule has 1 aliphatic carbocycles. The standard InChI is InChI=1S/C24H29FN4O/c1-15(2)28(3)24(30)19-13-17(25)8-11-21(19)29-14-20(16-6-9-18(26)10-7-16)23-22(29)5-4-12-27-23/h4-5,8,11-16,18H,6-7,9-10,26H2,1-3H3. The Morgan fingerprint density at radius 2 is 1.97 bits per heavy atom. The Hall–Kier alpha value is -2.73. The summed E-state index contributed by atoms with van der Waals surface area (Å²) in [5, 5.41) is 0. The molecule has 0 atom stereocenters. The van der Waals surface area contributed by atoms with Crippen molar-refractivity contribution in [1.29, 1.82) is 0 Å². The summed E-state index contributed by atoms with van der Waals surface area (Å²) in [6.45, 7) is 3.88. The lowest BCUT2D eigenvalue weighted by Gasteiger charge is -2.25. The molecule has 0 bridgehead atoms. The lowest BCUT2D eigenvalue weighted by atomic mass is 9.82. The van der Waals surface area contributed by atoms with Gasteiger partial charge < -0.3 is 15.2 Å². The van der Waals surface area contributed by atoms with Crippen molar-refractivity contribution in [2.45, 2.75) is 57.5 Å². The largest absolute Gasteiger partial charge is 0.339 e. The first kappa shape index (κ1) is 20.5. The van der Waals surface area contributed by atoms with E-state index in [-0.39, 0.29) is 18.0 Å². The highest BCUT2D eigenvalue weighted by Gasteiger charge is 2.26. The molecular formula is C24H29FN4O. The number of fused-ring (bicyclic) bond motifs is 1. The van der Waals surface area contributed by atoms with E-state index >= 15 is 0 Å². The van der Waals surface area contributed by atoms with E-state index in [1.807, 2.05) is 30.5 Å². The summed E-state index contributed by atoms with van der Waals surface area (Å²) in [4.78, 5) is 19.4. The fourth-order valence-corrected chi connectivity index (χ4v) is 4.33. The van der Waals surface area contributed by atoms with Crippen LogP contribution in [0.1, 0.15) is 61.4 Å². The van der Waals surface area contributed by atoms with Crippen LogP contribution in [0.3, 0.4) is 0 Å². The topological polar surface area (TPSA) is 64.2 Å². The van der Waals surface area contributed by atoms with E-state index in [2.05, 4.69) is 11.2 Å². The third kappa shape index (κ3) is 3.72. The molecular weight excluding hydrogens is 379 g/mol. The third-order valence-corrected chi connectivity index (χ3v) is 6.34. The molecule has 4 rings (SSSR count). The van der Waals surface area contributed by atoms with Crippen LogP contribution in [0.2, 0.25) is 0 Å². The molecule has 0 aliphatic heterocycles. The molecule has 1 saturated carbocycles. The second-order valence-electron chi connectivity index (χ2n) is 8.61. The van der Waals surface area contributed by atoms with E-state index in [1.165, 1.54) is 17.7 Å². The molecule has 158 valence electrons. The monoisotopic (exact) mass is 408 g/mol. The lowest BCUT2D eigenvalue weighted by molar-refractivity contribution is 0.0754. The number of amides is 1. The van der Waals surface area contributed by atoms with Crippen molar-refractivity contribution in [2.24, 2.45) is 5.73 Å². The van der Waals surface area contributed by atoms with Gasteiger partial charge in [-0.2, -0.15) is 0 Å². The molecule has 3 aromatic rings. The highest BCUT2D eigenvalue weighted by molar-refractivity contribution is 5.98. The summed E-state index contributed by atoms with van der Waals surface area (Å²) in [5.74, 6) is -0.229. The van der Waals surface area contributed by atoms with Crippen molar-refractivity contribution in [3.63, 3.8) is 0 Å². The van der Waals surface area contributed by atoms with Gasteiger partial charge in [-0.1, -0.05) is 0 Å². The number of hydrogen-bond donors (Lipinski definition) is 1. The normalized spacial score (nSPS) is 19.4. The molecule has 5 nitrogen and oxygen atoms in total. The highest BCUT2D eigenvalue weighted by Crippen LogP contribution is 2.37. The maximum absolute atomic E-state index is 14.1. The summed E-state index contributed by atoms with van der Waals surface area (Å²) in [6, 6.07) is 8.61.